The summed E-state index contributed by atoms with van der Waals surface area (Å²) in [4.78, 5) is 14.4. The van der Waals surface area contributed by atoms with Gasteiger partial charge in [0.15, 0.2) is 0 Å². The highest BCUT2D eigenvalue weighted by Crippen LogP contribution is 2.21. The Morgan fingerprint density at radius 3 is 3.00 bits per heavy atom. The molecule has 0 spiro atoms. The molecule has 1 amide bonds. The van der Waals surface area contributed by atoms with Gasteiger partial charge in [-0.3, -0.25) is 4.79 Å². The summed E-state index contributed by atoms with van der Waals surface area (Å²) in [7, 11) is 0. The van der Waals surface area contributed by atoms with E-state index in [1.54, 1.807) is 6.20 Å². The number of rotatable bonds is 4. The van der Waals surface area contributed by atoms with Gasteiger partial charge in [0.05, 0.1) is 0 Å². The van der Waals surface area contributed by atoms with Crippen LogP contribution < -0.4 is 5.32 Å². The number of hydrogen-bond acceptors (Lipinski definition) is 3. The highest BCUT2D eigenvalue weighted by atomic mass is 16.1. The number of anilines is 1. The Balaban J connectivity index is 2.11. The van der Waals surface area contributed by atoms with Crippen molar-refractivity contribution in [3.05, 3.63) is 41.6 Å². The van der Waals surface area contributed by atoms with E-state index < -0.39 is 0 Å². The number of carbonyl (C=O) groups is 1. The van der Waals surface area contributed by atoms with Crippen LogP contribution in [0.1, 0.15) is 38.2 Å². The molecule has 22 heavy (non-hydrogen) atoms. The third-order valence-corrected chi connectivity index (χ3v) is 4.08. The summed E-state index contributed by atoms with van der Waals surface area (Å²) in [6, 6.07) is 10.0. The van der Waals surface area contributed by atoms with Gasteiger partial charge in [0, 0.05) is 24.5 Å². The Kier molecular flexibility index (Phi) is 5.60. The van der Waals surface area contributed by atoms with E-state index in [9.17, 15) is 10.1 Å². The molecule has 1 aromatic rings. The number of hydrogen-bond donors (Lipinski definition) is 1. The Morgan fingerprint density at radius 1 is 1.50 bits per heavy atom. The number of benzene rings is 1. The maximum absolute atomic E-state index is 12.3. The molecule has 1 aliphatic rings. The maximum atomic E-state index is 12.3. The van der Waals surface area contributed by atoms with Crippen LogP contribution in [0.25, 0.3) is 0 Å². The van der Waals surface area contributed by atoms with Gasteiger partial charge in [0.2, 0.25) is 0 Å². The molecule has 1 aliphatic heterocycles. The van der Waals surface area contributed by atoms with E-state index >= 15 is 0 Å². The predicted molar refractivity (Wildman–Crippen MR) is 88.1 cm³/mol. The van der Waals surface area contributed by atoms with Crippen molar-refractivity contribution < 1.29 is 4.79 Å². The number of piperidine rings is 1. The zero-order valence-electron chi connectivity index (χ0n) is 13.3. The van der Waals surface area contributed by atoms with Gasteiger partial charge in [0.25, 0.3) is 5.91 Å². The second kappa shape index (κ2) is 7.65. The summed E-state index contributed by atoms with van der Waals surface area (Å²) < 4.78 is 0. The van der Waals surface area contributed by atoms with Crippen molar-refractivity contribution in [2.24, 2.45) is 0 Å². The molecule has 1 saturated heterocycles. The average Bonchev–Trinajstić information content (AvgIpc) is 2.52. The molecule has 0 bridgehead atoms. The fourth-order valence-electron chi connectivity index (χ4n) is 2.86. The van der Waals surface area contributed by atoms with Crippen LogP contribution in [0.5, 0.6) is 0 Å². The van der Waals surface area contributed by atoms with Crippen molar-refractivity contribution in [2.45, 2.75) is 45.6 Å². The van der Waals surface area contributed by atoms with Crippen LogP contribution in [0, 0.1) is 18.3 Å². The number of amides is 1. The van der Waals surface area contributed by atoms with Crippen LogP contribution in [-0.4, -0.2) is 23.4 Å². The zero-order chi connectivity index (χ0) is 15.9. The van der Waals surface area contributed by atoms with Gasteiger partial charge in [0.1, 0.15) is 11.6 Å². The minimum absolute atomic E-state index is 0.168. The van der Waals surface area contributed by atoms with E-state index in [1.807, 2.05) is 37.3 Å². The Bertz CT molecular complexity index is 601. The minimum Gasteiger partial charge on any atom is -0.373 e. The van der Waals surface area contributed by atoms with Gasteiger partial charge >= 0.3 is 0 Å². The Hall–Kier alpha value is -2.28. The van der Waals surface area contributed by atoms with E-state index in [2.05, 4.69) is 17.1 Å². The molecule has 1 atom stereocenters. The van der Waals surface area contributed by atoms with E-state index in [-0.39, 0.29) is 11.5 Å². The number of nitrogens with one attached hydrogen (secondary N) is 1. The van der Waals surface area contributed by atoms with Gasteiger partial charge in [-0.1, -0.05) is 19.1 Å². The fourth-order valence-corrected chi connectivity index (χ4v) is 2.86. The first-order valence-corrected chi connectivity index (χ1v) is 7.89. The van der Waals surface area contributed by atoms with Crippen molar-refractivity contribution in [2.75, 3.05) is 11.9 Å². The average molecular weight is 297 g/mol. The molecule has 1 aromatic carbocycles. The normalized spacial score (nSPS) is 18.7. The number of nitrogens with zero attached hydrogens (tertiary/aromatic N) is 2. The third kappa shape index (κ3) is 4.11. The quantitative estimate of drug-likeness (QED) is 0.682. The lowest BCUT2D eigenvalue weighted by Crippen LogP contribution is -2.35. The summed E-state index contributed by atoms with van der Waals surface area (Å²) in [6.07, 6.45) is 6.24. The molecule has 116 valence electrons. The summed E-state index contributed by atoms with van der Waals surface area (Å²) in [5.41, 5.74) is 1.96. The highest BCUT2D eigenvalue weighted by molar-refractivity contribution is 6.06. The molecular weight excluding hydrogens is 274 g/mol. The highest BCUT2D eigenvalue weighted by Gasteiger charge is 2.20. The van der Waals surface area contributed by atoms with Crippen molar-refractivity contribution in [3.8, 4) is 6.07 Å². The number of nitriles is 1. The van der Waals surface area contributed by atoms with Crippen LogP contribution in [0.2, 0.25) is 0 Å². The molecular formula is C18H23N3O. The topological polar surface area (TPSA) is 56.1 Å². The lowest BCUT2D eigenvalue weighted by atomic mass is 10.0. The van der Waals surface area contributed by atoms with Gasteiger partial charge in [-0.15, -0.1) is 0 Å². The van der Waals surface area contributed by atoms with Gasteiger partial charge in [-0.25, -0.2) is 0 Å². The van der Waals surface area contributed by atoms with Crippen LogP contribution in [0.3, 0.4) is 0 Å². The summed E-state index contributed by atoms with van der Waals surface area (Å²) in [5.74, 6) is -0.339. The largest absolute Gasteiger partial charge is 0.373 e. The van der Waals surface area contributed by atoms with Crippen molar-refractivity contribution in [1.82, 2.24) is 4.90 Å². The van der Waals surface area contributed by atoms with Crippen molar-refractivity contribution >= 4 is 11.6 Å². The van der Waals surface area contributed by atoms with E-state index in [1.165, 1.54) is 6.42 Å². The number of carbonyl (C=O) groups excluding carboxylic acids is 1. The molecule has 0 radical (unpaired) electrons. The smallest absolute Gasteiger partial charge is 0.267 e. The van der Waals surface area contributed by atoms with Crippen LogP contribution >= 0.6 is 0 Å². The first-order chi connectivity index (χ1) is 10.6. The first-order valence-electron chi connectivity index (χ1n) is 7.89. The lowest BCUT2D eigenvalue weighted by Gasteiger charge is -2.34. The third-order valence-electron chi connectivity index (χ3n) is 4.08. The van der Waals surface area contributed by atoms with E-state index in [0.717, 1.165) is 37.1 Å². The molecule has 0 aliphatic carbocycles. The maximum Gasteiger partial charge on any atom is 0.267 e. The second-order valence-corrected chi connectivity index (χ2v) is 5.77. The van der Waals surface area contributed by atoms with Gasteiger partial charge in [-0.2, -0.15) is 5.26 Å². The standard InChI is InChI=1S/C18H23N3O/c1-3-17-9-4-5-10-21(17)13-15(12-19)18(22)20-16-8-6-7-14(2)11-16/h6-8,11,13,17H,3-5,9-10H2,1-2H3,(H,20,22)/b15-13-. The second-order valence-electron chi connectivity index (χ2n) is 5.77. The molecule has 1 unspecified atom stereocenters. The fraction of sp³-hybridized carbons (Fsp3) is 0.444. The Labute approximate surface area is 132 Å². The molecule has 0 aromatic heterocycles. The van der Waals surface area contributed by atoms with Crippen LogP contribution in [0.15, 0.2) is 36.0 Å². The molecule has 1 fully saturated rings. The van der Waals surface area contributed by atoms with Crippen LogP contribution in [-0.2, 0) is 4.79 Å². The predicted octanol–water partition coefficient (Wildman–Crippen LogP) is 3.61. The minimum atomic E-state index is -0.339. The summed E-state index contributed by atoms with van der Waals surface area (Å²) >= 11 is 0. The summed E-state index contributed by atoms with van der Waals surface area (Å²) in [5, 5.41) is 12.1. The van der Waals surface area contributed by atoms with E-state index in [0.29, 0.717) is 6.04 Å². The molecule has 0 saturated carbocycles. The SMILES string of the molecule is CCC1CCCCN1/C=C(/C#N)C(=O)Nc1cccc(C)c1. The van der Waals surface area contributed by atoms with E-state index in [4.69, 9.17) is 0 Å². The summed E-state index contributed by atoms with van der Waals surface area (Å²) in [6.45, 7) is 5.04. The monoisotopic (exact) mass is 297 g/mol. The van der Waals surface area contributed by atoms with Gasteiger partial charge in [-0.05, 0) is 50.3 Å². The molecule has 1 N–H and O–H groups in total. The molecule has 1 heterocycles. The molecule has 2 rings (SSSR count). The lowest BCUT2D eigenvalue weighted by molar-refractivity contribution is -0.112. The molecule has 4 heteroatoms. The van der Waals surface area contributed by atoms with Crippen molar-refractivity contribution in [1.29, 1.82) is 5.26 Å². The van der Waals surface area contributed by atoms with Crippen molar-refractivity contribution in [3.63, 3.8) is 0 Å². The zero-order valence-corrected chi connectivity index (χ0v) is 13.3. The van der Waals surface area contributed by atoms with Gasteiger partial charge < -0.3 is 10.2 Å². The first kappa shape index (κ1) is 16.1. The number of likely N-dealkylation sites (tertiary alicyclic amines) is 1. The number of aryl methyl sites for hydroxylation is 1. The Morgan fingerprint density at radius 2 is 2.32 bits per heavy atom. The molecule has 4 nitrogen and oxygen atoms in total. The van der Waals surface area contributed by atoms with Crippen LogP contribution in [0.4, 0.5) is 5.69 Å².